The summed E-state index contributed by atoms with van der Waals surface area (Å²) in [5.41, 5.74) is 7.99. The molecule has 0 saturated carbocycles. The fourth-order valence-electron chi connectivity index (χ4n) is 5.36. The lowest BCUT2D eigenvalue weighted by Gasteiger charge is -2.40. The van der Waals surface area contributed by atoms with Crippen LogP contribution in [0.25, 0.3) is 11.6 Å². The average molecular weight is 604 g/mol. The first-order valence-electron chi connectivity index (χ1n) is 14.6. The lowest BCUT2D eigenvalue weighted by atomic mass is 9.93. The van der Waals surface area contributed by atoms with E-state index >= 15 is 0 Å². The molecule has 1 aliphatic carbocycles. The predicted octanol–water partition coefficient (Wildman–Crippen LogP) is 5.18. The third kappa shape index (κ3) is 7.80. The van der Waals surface area contributed by atoms with E-state index in [9.17, 15) is 9.59 Å². The molecule has 1 aromatic heterocycles. The van der Waals surface area contributed by atoms with E-state index in [0.717, 1.165) is 28.0 Å². The summed E-state index contributed by atoms with van der Waals surface area (Å²) in [6.45, 7) is 9.75. The van der Waals surface area contributed by atoms with Gasteiger partial charge in [-0.05, 0) is 79.4 Å². The summed E-state index contributed by atoms with van der Waals surface area (Å²) in [7, 11) is 0. The summed E-state index contributed by atoms with van der Waals surface area (Å²) in [6, 6.07) is 18.8. The highest BCUT2D eigenvalue weighted by molar-refractivity contribution is 6.30. The van der Waals surface area contributed by atoms with Gasteiger partial charge in [-0.25, -0.2) is 9.59 Å². The Bertz CT molecular complexity index is 1470. The minimum absolute atomic E-state index is 0.0999. The molecule has 2 aliphatic rings. The number of aromatic nitrogens is 1. The number of carbonyl (C=O) groups is 2. The topological polar surface area (TPSA) is 96.0 Å². The van der Waals surface area contributed by atoms with Crippen LogP contribution in [0.3, 0.4) is 0 Å². The number of carbonyl (C=O) groups excluding carboxylic acids is 2. The molecule has 3 aromatic rings. The van der Waals surface area contributed by atoms with Gasteiger partial charge in [-0.2, -0.15) is 5.48 Å². The van der Waals surface area contributed by atoms with E-state index < -0.39 is 11.6 Å². The number of pyridine rings is 1. The van der Waals surface area contributed by atoms with Gasteiger partial charge in [0.2, 0.25) is 0 Å². The minimum atomic E-state index is -0.532. The average Bonchev–Trinajstić information content (AvgIpc) is 3.12. The number of halogens is 1. The molecule has 43 heavy (non-hydrogen) atoms. The molecule has 2 N–H and O–H groups in total. The second-order valence-electron chi connectivity index (χ2n) is 11.6. The van der Waals surface area contributed by atoms with Crippen molar-refractivity contribution in [3.8, 4) is 0 Å². The summed E-state index contributed by atoms with van der Waals surface area (Å²) in [4.78, 5) is 39.1. The van der Waals surface area contributed by atoms with Crippen molar-refractivity contribution in [2.24, 2.45) is 0 Å². The van der Waals surface area contributed by atoms with Gasteiger partial charge in [-0.1, -0.05) is 41.9 Å². The van der Waals surface area contributed by atoms with E-state index in [2.05, 4.69) is 33.9 Å². The number of hydrogen-bond donors (Lipinski definition) is 2. The van der Waals surface area contributed by atoms with E-state index in [4.69, 9.17) is 26.2 Å². The molecule has 0 spiro atoms. The lowest BCUT2D eigenvalue weighted by Crippen LogP contribution is -2.51. The number of hydroxylamine groups is 1. The van der Waals surface area contributed by atoms with E-state index in [-0.39, 0.29) is 12.1 Å². The van der Waals surface area contributed by atoms with Gasteiger partial charge >= 0.3 is 12.1 Å². The number of amides is 1. The highest BCUT2D eigenvalue weighted by Gasteiger charge is 2.34. The first kappa shape index (κ1) is 30.7. The van der Waals surface area contributed by atoms with Crippen molar-refractivity contribution in [2.75, 3.05) is 45.8 Å². The standard InChI is InChI=1S/C33H38ClN5O4/c1-33(2,3)42-32(41)39-18-16-38(17-19-39)30-27-12-11-26(34)21-28(27)25(20-24-10-7-13-36-29(24)30)22-35-14-15-37-43-31(40)23-8-5-4-6-9-23/h4-13,20-21,30,35,37H,14-19,22H2,1-3H3. The molecule has 226 valence electrons. The van der Waals surface area contributed by atoms with Gasteiger partial charge in [0.05, 0.1) is 17.3 Å². The number of ether oxygens (including phenoxy) is 1. The first-order valence-corrected chi connectivity index (χ1v) is 14.9. The summed E-state index contributed by atoms with van der Waals surface area (Å²) < 4.78 is 5.61. The maximum Gasteiger partial charge on any atom is 0.410 e. The van der Waals surface area contributed by atoms with E-state index in [1.54, 1.807) is 29.2 Å². The van der Waals surface area contributed by atoms with Gasteiger partial charge in [0.15, 0.2) is 0 Å². The Balaban J connectivity index is 1.28. The Morgan fingerprint density at radius 2 is 1.77 bits per heavy atom. The molecule has 10 heteroatoms. The zero-order valence-corrected chi connectivity index (χ0v) is 25.6. The van der Waals surface area contributed by atoms with Crippen molar-refractivity contribution < 1.29 is 19.2 Å². The second kappa shape index (κ2) is 13.7. The van der Waals surface area contributed by atoms with Crippen LogP contribution in [0.15, 0.2) is 66.9 Å². The molecule has 5 rings (SSSR count). The third-order valence-corrected chi connectivity index (χ3v) is 7.58. The Labute approximate surface area is 257 Å². The number of nitrogens with one attached hydrogen (secondary N) is 2. The summed E-state index contributed by atoms with van der Waals surface area (Å²) >= 11 is 6.54. The summed E-state index contributed by atoms with van der Waals surface area (Å²) in [5.74, 6) is -0.419. The maximum absolute atomic E-state index is 12.7. The Morgan fingerprint density at radius 3 is 2.51 bits per heavy atom. The maximum atomic E-state index is 12.7. The highest BCUT2D eigenvalue weighted by Crippen LogP contribution is 2.40. The van der Waals surface area contributed by atoms with E-state index in [1.165, 1.54) is 0 Å². The SMILES string of the molecule is CC(C)(C)OC(=O)N1CCN(C2c3ccc(Cl)cc3C(CNCCNOC(=O)c3ccccc3)=Cc3cccnc32)CC1. The first-order chi connectivity index (χ1) is 20.7. The minimum Gasteiger partial charge on any atom is -0.444 e. The van der Waals surface area contributed by atoms with Crippen LogP contribution in [0.4, 0.5) is 4.79 Å². The zero-order valence-electron chi connectivity index (χ0n) is 24.8. The Kier molecular flexibility index (Phi) is 9.77. The summed E-state index contributed by atoms with van der Waals surface area (Å²) in [5, 5.41) is 4.12. The highest BCUT2D eigenvalue weighted by atomic mass is 35.5. The molecule has 1 aliphatic heterocycles. The smallest absolute Gasteiger partial charge is 0.410 e. The van der Waals surface area contributed by atoms with Gasteiger partial charge < -0.3 is 19.8 Å². The van der Waals surface area contributed by atoms with Crippen LogP contribution in [0.1, 0.15) is 59.6 Å². The molecule has 1 amide bonds. The molecule has 1 atom stereocenters. The number of nitrogens with zero attached hydrogens (tertiary/aromatic N) is 3. The van der Waals surface area contributed by atoms with Gasteiger partial charge in [0.25, 0.3) is 0 Å². The number of piperazine rings is 1. The van der Waals surface area contributed by atoms with Crippen LogP contribution in [-0.2, 0) is 9.57 Å². The molecule has 0 bridgehead atoms. The van der Waals surface area contributed by atoms with Crippen LogP contribution in [-0.4, -0.2) is 78.3 Å². The number of rotatable bonds is 8. The van der Waals surface area contributed by atoms with Crippen molar-refractivity contribution >= 4 is 35.3 Å². The monoisotopic (exact) mass is 603 g/mol. The van der Waals surface area contributed by atoms with Crippen molar-refractivity contribution in [1.29, 1.82) is 0 Å². The molecule has 0 radical (unpaired) electrons. The van der Waals surface area contributed by atoms with Crippen molar-refractivity contribution in [3.63, 3.8) is 0 Å². The quantitative estimate of drug-likeness (QED) is 0.269. The van der Waals surface area contributed by atoms with E-state index in [0.29, 0.717) is 56.4 Å². The fourth-order valence-corrected chi connectivity index (χ4v) is 5.53. The van der Waals surface area contributed by atoms with Crippen LogP contribution < -0.4 is 10.8 Å². The lowest BCUT2D eigenvalue weighted by molar-refractivity contribution is 0.0117. The molecule has 2 aromatic carbocycles. The molecule has 9 nitrogen and oxygen atoms in total. The molecular weight excluding hydrogens is 566 g/mol. The van der Waals surface area contributed by atoms with Crippen molar-refractivity contribution in [2.45, 2.75) is 32.4 Å². The van der Waals surface area contributed by atoms with Gasteiger partial charge in [-0.3, -0.25) is 9.88 Å². The van der Waals surface area contributed by atoms with Gasteiger partial charge in [0, 0.05) is 57.0 Å². The number of benzene rings is 2. The fraction of sp³-hybridized carbons (Fsp3) is 0.364. The van der Waals surface area contributed by atoms with Crippen molar-refractivity contribution in [3.05, 3.63) is 99.8 Å². The van der Waals surface area contributed by atoms with Gasteiger partial charge in [-0.15, -0.1) is 0 Å². The third-order valence-electron chi connectivity index (χ3n) is 7.34. The Hall–Kier alpha value is -3.76. The van der Waals surface area contributed by atoms with Crippen LogP contribution in [0, 0.1) is 0 Å². The summed E-state index contributed by atoms with van der Waals surface area (Å²) in [6.07, 6.45) is 3.72. The van der Waals surface area contributed by atoms with Gasteiger partial charge in [0.1, 0.15) is 5.60 Å². The molecule has 2 heterocycles. The predicted molar refractivity (Wildman–Crippen MR) is 168 cm³/mol. The number of hydrogen-bond acceptors (Lipinski definition) is 8. The molecular formula is C33H38ClN5O4. The molecule has 1 saturated heterocycles. The zero-order chi connectivity index (χ0) is 30.4. The van der Waals surface area contributed by atoms with E-state index in [1.807, 2.05) is 51.2 Å². The normalized spacial score (nSPS) is 16.9. The number of fused-ring (bicyclic) bond motifs is 2. The molecule has 1 unspecified atom stereocenters. The largest absolute Gasteiger partial charge is 0.444 e. The Morgan fingerprint density at radius 1 is 1.00 bits per heavy atom. The van der Waals surface area contributed by atoms with Crippen LogP contribution >= 0.6 is 11.6 Å². The van der Waals surface area contributed by atoms with Crippen LogP contribution in [0.5, 0.6) is 0 Å². The second-order valence-corrected chi connectivity index (χ2v) is 12.0. The van der Waals surface area contributed by atoms with Crippen LogP contribution in [0.2, 0.25) is 5.02 Å². The molecule has 1 fully saturated rings. The van der Waals surface area contributed by atoms with Crippen molar-refractivity contribution in [1.82, 2.24) is 25.6 Å².